The number of pyridine rings is 1. The SMILES string of the molecule is Cn1cnnc1[C@@H](c1cccc(-c2n[nH]c3c(CN)nc(C(F)(F)F)cc23)c1)C1CCC1. The summed E-state index contributed by atoms with van der Waals surface area (Å²) in [4.78, 5) is 3.69. The van der Waals surface area contributed by atoms with Crippen LogP contribution in [0, 0.1) is 5.92 Å². The highest BCUT2D eigenvalue weighted by molar-refractivity contribution is 5.94. The molecule has 0 radical (unpaired) electrons. The molecule has 3 aromatic heterocycles. The van der Waals surface area contributed by atoms with Crippen molar-refractivity contribution in [2.45, 2.75) is 37.9 Å². The van der Waals surface area contributed by atoms with Gasteiger partial charge in [-0.05, 0) is 36.5 Å². The summed E-state index contributed by atoms with van der Waals surface area (Å²) in [5.41, 5.74) is 7.46. The van der Waals surface area contributed by atoms with Crippen LogP contribution in [0.25, 0.3) is 22.2 Å². The van der Waals surface area contributed by atoms with Crippen LogP contribution in [0.4, 0.5) is 13.2 Å². The zero-order chi connectivity index (χ0) is 22.5. The van der Waals surface area contributed by atoms with E-state index in [-0.39, 0.29) is 18.2 Å². The van der Waals surface area contributed by atoms with E-state index in [1.807, 2.05) is 35.9 Å². The first-order valence-electron chi connectivity index (χ1n) is 10.5. The van der Waals surface area contributed by atoms with Crippen LogP contribution in [-0.4, -0.2) is 29.9 Å². The van der Waals surface area contributed by atoms with E-state index in [0.717, 1.165) is 35.9 Å². The van der Waals surface area contributed by atoms with Crippen LogP contribution < -0.4 is 5.73 Å². The summed E-state index contributed by atoms with van der Waals surface area (Å²) in [7, 11) is 1.92. The number of rotatable bonds is 5. The Hall–Kier alpha value is -3.27. The van der Waals surface area contributed by atoms with Crippen LogP contribution in [-0.2, 0) is 19.8 Å². The van der Waals surface area contributed by atoms with Crippen LogP contribution in [0.5, 0.6) is 0 Å². The van der Waals surface area contributed by atoms with Crippen molar-refractivity contribution in [3.05, 3.63) is 59.4 Å². The minimum absolute atomic E-state index is 0.0633. The monoisotopic (exact) mass is 441 g/mol. The third-order valence-corrected chi connectivity index (χ3v) is 6.28. The third-order valence-electron chi connectivity index (χ3n) is 6.28. The Balaban J connectivity index is 1.64. The Morgan fingerprint density at radius 3 is 2.69 bits per heavy atom. The second kappa shape index (κ2) is 7.70. The summed E-state index contributed by atoms with van der Waals surface area (Å²) in [5, 5.41) is 15.9. The first-order valence-corrected chi connectivity index (χ1v) is 10.5. The Morgan fingerprint density at radius 1 is 1.25 bits per heavy atom. The van der Waals surface area contributed by atoms with Gasteiger partial charge in [0.1, 0.15) is 23.5 Å². The summed E-state index contributed by atoms with van der Waals surface area (Å²) in [6.45, 7) is -0.127. The van der Waals surface area contributed by atoms with Gasteiger partial charge in [0.25, 0.3) is 0 Å². The minimum Gasteiger partial charge on any atom is -0.325 e. The quantitative estimate of drug-likeness (QED) is 0.485. The predicted molar refractivity (Wildman–Crippen MR) is 112 cm³/mol. The van der Waals surface area contributed by atoms with E-state index in [1.165, 1.54) is 6.42 Å². The number of fused-ring (bicyclic) bond motifs is 1. The van der Waals surface area contributed by atoms with Crippen LogP contribution in [0.2, 0.25) is 0 Å². The molecule has 32 heavy (non-hydrogen) atoms. The number of alkyl halides is 3. The lowest BCUT2D eigenvalue weighted by Gasteiger charge is -2.33. The molecule has 1 aliphatic carbocycles. The number of benzene rings is 1. The molecule has 0 amide bonds. The highest BCUT2D eigenvalue weighted by Gasteiger charge is 2.35. The van der Waals surface area contributed by atoms with E-state index in [9.17, 15) is 13.2 Å². The number of aromatic amines is 1. The zero-order valence-electron chi connectivity index (χ0n) is 17.4. The smallest absolute Gasteiger partial charge is 0.325 e. The lowest BCUT2D eigenvalue weighted by molar-refractivity contribution is -0.141. The fraction of sp³-hybridized carbons (Fsp3) is 0.364. The van der Waals surface area contributed by atoms with Gasteiger partial charge in [-0.25, -0.2) is 4.98 Å². The molecule has 1 saturated carbocycles. The molecule has 0 saturated heterocycles. The molecule has 10 heteroatoms. The van der Waals surface area contributed by atoms with Gasteiger partial charge < -0.3 is 10.3 Å². The number of nitrogens with zero attached hydrogens (tertiary/aromatic N) is 5. The molecule has 5 rings (SSSR count). The van der Waals surface area contributed by atoms with Crippen molar-refractivity contribution in [2.75, 3.05) is 0 Å². The number of halogens is 3. The van der Waals surface area contributed by atoms with Gasteiger partial charge in [0.15, 0.2) is 0 Å². The molecule has 1 aromatic carbocycles. The summed E-state index contributed by atoms with van der Waals surface area (Å²) in [5.74, 6) is 1.40. The second-order valence-electron chi connectivity index (χ2n) is 8.25. The summed E-state index contributed by atoms with van der Waals surface area (Å²) in [6.07, 6.45) is 0.500. The van der Waals surface area contributed by atoms with Gasteiger partial charge in [-0.2, -0.15) is 18.3 Å². The Kier molecular flexibility index (Phi) is 4.96. The molecule has 0 unspecified atom stereocenters. The van der Waals surface area contributed by atoms with Crippen LogP contribution in [0.1, 0.15) is 48.0 Å². The van der Waals surface area contributed by atoms with E-state index in [1.54, 1.807) is 6.33 Å². The van der Waals surface area contributed by atoms with E-state index in [4.69, 9.17) is 5.73 Å². The van der Waals surface area contributed by atoms with Gasteiger partial charge in [-0.1, -0.05) is 24.6 Å². The van der Waals surface area contributed by atoms with Gasteiger partial charge in [-0.15, -0.1) is 10.2 Å². The molecule has 0 spiro atoms. The third kappa shape index (κ3) is 3.44. The molecule has 0 bridgehead atoms. The van der Waals surface area contributed by atoms with E-state index < -0.39 is 11.9 Å². The first-order chi connectivity index (χ1) is 15.4. The zero-order valence-corrected chi connectivity index (χ0v) is 17.4. The number of H-pyrrole nitrogens is 1. The lowest BCUT2D eigenvalue weighted by atomic mass is 9.72. The number of nitrogens with one attached hydrogen (secondary N) is 1. The highest BCUT2D eigenvalue weighted by atomic mass is 19.4. The van der Waals surface area contributed by atoms with Crippen molar-refractivity contribution in [3.8, 4) is 11.3 Å². The Morgan fingerprint density at radius 2 is 2.06 bits per heavy atom. The number of hydrogen-bond donors (Lipinski definition) is 2. The molecular weight excluding hydrogens is 419 g/mol. The van der Waals surface area contributed by atoms with Gasteiger partial charge in [0.05, 0.1) is 11.2 Å². The van der Waals surface area contributed by atoms with E-state index in [2.05, 4.69) is 25.4 Å². The molecule has 166 valence electrons. The normalized spacial score (nSPS) is 15.8. The maximum Gasteiger partial charge on any atom is 0.433 e. The van der Waals surface area contributed by atoms with Crippen LogP contribution >= 0.6 is 0 Å². The first kappa shape index (κ1) is 20.6. The summed E-state index contributed by atoms with van der Waals surface area (Å²) < 4.78 is 42.2. The number of nitrogens with two attached hydrogens (primary N) is 1. The van der Waals surface area contributed by atoms with Crippen molar-refractivity contribution in [2.24, 2.45) is 18.7 Å². The molecule has 0 aliphatic heterocycles. The van der Waals surface area contributed by atoms with Crippen molar-refractivity contribution in [3.63, 3.8) is 0 Å². The predicted octanol–water partition coefficient (Wildman–Crippen LogP) is 4.16. The Bertz CT molecular complexity index is 1270. The molecule has 3 heterocycles. The minimum atomic E-state index is -4.57. The van der Waals surface area contributed by atoms with Gasteiger partial charge >= 0.3 is 6.18 Å². The second-order valence-corrected chi connectivity index (χ2v) is 8.25. The maximum absolute atomic E-state index is 13.4. The average Bonchev–Trinajstić information content (AvgIpc) is 3.35. The van der Waals surface area contributed by atoms with Gasteiger partial charge in [0, 0.05) is 30.5 Å². The highest BCUT2D eigenvalue weighted by Crippen LogP contribution is 2.43. The van der Waals surface area contributed by atoms with Crippen molar-refractivity contribution >= 4 is 10.9 Å². The Labute approximate surface area is 181 Å². The van der Waals surface area contributed by atoms with Crippen molar-refractivity contribution < 1.29 is 13.2 Å². The molecular formula is C22H22F3N7. The fourth-order valence-electron chi connectivity index (χ4n) is 4.45. The van der Waals surface area contributed by atoms with Crippen molar-refractivity contribution in [1.29, 1.82) is 0 Å². The number of aromatic nitrogens is 6. The standard InChI is InChI=1S/C22H22F3N7/c1-32-11-27-31-21(32)18(12-4-2-5-12)13-6-3-7-14(8-13)19-15-9-17(22(23,24)25)28-16(10-26)20(15)30-29-19/h3,6-9,11-12,18H,2,4-5,10,26H2,1H3,(H,29,30)/t18-/m1/s1. The largest absolute Gasteiger partial charge is 0.433 e. The molecule has 3 N–H and O–H groups in total. The molecule has 7 nitrogen and oxygen atoms in total. The van der Waals surface area contributed by atoms with Gasteiger partial charge in [-0.3, -0.25) is 5.10 Å². The summed E-state index contributed by atoms with van der Waals surface area (Å²) in [6, 6.07) is 8.81. The van der Waals surface area contributed by atoms with Crippen LogP contribution in [0.15, 0.2) is 36.7 Å². The fourth-order valence-corrected chi connectivity index (χ4v) is 4.45. The van der Waals surface area contributed by atoms with Crippen molar-refractivity contribution in [1.82, 2.24) is 29.9 Å². The lowest BCUT2D eigenvalue weighted by Crippen LogP contribution is -2.24. The number of aryl methyl sites for hydroxylation is 1. The van der Waals surface area contributed by atoms with E-state index >= 15 is 0 Å². The van der Waals surface area contributed by atoms with Gasteiger partial charge in [0.2, 0.25) is 0 Å². The topological polar surface area (TPSA) is 98.3 Å². The molecule has 1 aliphatic rings. The molecule has 4 aromatic rings. The number of hydrogen-bond acceptors (Lipinski definition) is 5. The maximum atomic E-state index is 13.4. The average molecular weight is 441 g/mol. The molecule has 1 atom stereocenters. The molecule has 1 fully saturated rings. The summed E-state index contributed by atoms with van der Waals surface area (Å²) >= 11 is 0. The van der Waals surface area contributed by atoms with Crippen LogP contribution in [0.3, 0.4) is 0 Å². The van der Waals surface area contributed by atoms with E-state index in [0.29, 0.717) is 22.5 Å².